The second-order valence-corrected chi connectivity index (χ2v) is 7.33. The summed E-state index contributed by atoms with van der Waals surface area (Å²) in [5, 5.41) is 3.84. The Morgan fingerprint density at radius 3 is 2.48 bits per heavy atom. The lowest BCUT2D eigenvalue weighted by Crippen LogP contribution is -2.25. The Labute approximate surface area is 164 Å². The standard InChI is InChI=1S/C22H24N2O2S/c1-16-20(27-22(24-16)19-12-7-4-8-13-19)21(25)23-14-9-15-26-17(2)18-10-5-3-6-11-18/h3-8,10-13,17H,9,14-15H2,1-2H3,(H,23,25)/t17-/m0/s1. The van der Waals surface area contributed by atoms with Crippen LogP contribution in [0, 0.1) is 6.92 Å². The van der Waals surface area contributed by atoms with Gasteiger partial charge in [-0.2, -0.15) is 0 Å². The van der Waals surface area contributed by atoms with Gasteiger partial charge in [-0.05, 0) is 25.8 Å². The molecule has 5 heteroatoms. The number of rotatable bonds is 8. The zero-order valence-corrected chi connectivity index (χ0v) is 16.5. The number of nitrogens with one attached hydrogen (secondary N) is 1. The lowest BCUT2D eigenvalue weighted by molar-refractivity contribution is 0.0635. The van der Waals surface area contributed by atoms with Crippen molar-refractivity contribution in [3.8, 4) is 10.6 Å². The van der Waals surface area contributed by atoms with Crippen LogP contribution in [-0.4, -0.2) is 24.0 Å². The number of benzene rings is 2. The highest BCUT2D eigenvalue weighted by molar-refractivity contribution is 7.17. The van der Waals surface area contributed by atoms with E-state index in [-0.39, 0.29) is 12.0 Å². The van der Waals surface area contributed by atoms with Gasteiger partial charge in [-0.1, -0.05) is 60.7 Å². The predicted octanol–water partition coefficient (Wildman–Crippen LogP) is 5.02. The van der Waals surface area contributed by atoms with Gasteiger partial charge in [-0.3, -0.25) is 4.79 Å². The monoisotopic (exact) mass is 380 g/mol. The average Bonchev–Trinajstić information content (AvgIpc) is 3.10. The molecule has 0 aliphatic rings. The summed E-state index contributed by atoms with van der Waals surface area (Å²) in [4.78, 5) is 17.7. The van der Waals surface area contributed by atoms with E-state index in [4.69, 9.17) is 4.74 Å². The minimum atomic E-state index is -0.0664. The molecule has 0 bridgehead atoms. The summed E-state index contributed by atoms with van der Waals surface area (Å²) in [7, 11) is 0. The number of ether oxygens (including phenoxy) is 1. The maximum absolute atomic E-state index is 12.4. The van der Waals surface area contributed by atoms with E-state index in [0.29, 0.717) is 18.0 Å². The third-order valence-corrected chi connectivity index (χ3v) is 5.47. The van der Waals surface area contributed by atoms with Crippen molar-refractivity contribution < 1.29 is 9.53 Å². The minimum Gasteiger partial charge on any atom is -0.374 e. The number of aryl methyl sites for hydroxylation is 1. The zero-order valence-electron chi connectivity index (χ0n) is 15.6. The fourth-order valence-electron chi connectivity index (χ4n) is 2.75. The fourth-order valence-corrected chi connectivity index (χ4v) is 3.73. The Kier molecular flexibility index (Phi) is 6.74. The first-order valence-corrected chi connectivity index (χ1v) is 9.94. The second-order valence-electron chi connectivity index (χ2n) is 6.33. The van der Waals surface area contributed by atoms with Crippen molar-refractivity contribution in [2.24, 2.45) is 0 Å². The molecule has 0 spiro atoms. The summed E-state index contributed by atoms with van der Waals surface area (Å²) in [5.41, 5.74) is 2.97. The molecular formula is C22H24N2O2S. The minimum absolute atomic E-state index is 0.0547. The molecule has 0 aliphatic carbocycles. The van der Waals surface area contributed by atoms with Crippen molar-refractivity contribution in [3.63, 3.8) is 0 Å². The van der Waals surface area contributed by atoms with Crippen LogP contribution in [0.3, 0.4) is 0 Å². The Balaban J connectivity index is 1.45. The van der Waals surface area contributed by atoms with Crippen molar-refractivity contribution in [2.75, 3.05) is 13.2 Å². The van der Waals surface area contributed by atoms with E-state index in [1.165, 1.54) is 11.3 Å². The van der Waals surface area contributed by atoms with Gasteiger partial charge >= 0.3 is 0 Å². The number of thiazole rings is 1. The molecule has 1 amide bonds. The zero-order chi connectivity index (χ0) is 19.1. The SMILES string of the molecule is Cc1nc(-c2ccccc2)sc1C(=O)NCCCO[C@@H](C)c1ccccc1. The van der Waals surface area contributed by atoms with E-state index in [2.05, 4.69) is 22.4 Å². The molecule has 0 aliphatic heterocycles. The first-order chi connectivity index (χ1) is 13.1. The molecule has 27 heavy (non-hydrogen) atoms. The molecule has 1 heterocycles. The van der Waals surface area contributed by atoms with Gasteiger partial charge in [0, 0.05) is 18.7 Å². The third kappa shape index (κ3) is 5.25. The predicted molar refractivity (Wildman–Crippen MR) is 110 cm³/mol. The summed E-state index contributed by atoms with van der Waals surface area (Å²) in [5.74, 6) is -0.0664. The van der Waals surface area contributed by atoms with E-state index < -0.39 is 0 Å². The van der Waals surface area contributed by atoms with Crippen molar-refractivity contribution in [2.45, 2.75) is 26.4 Å². The average molecular weight is 381 g/mol. The summed E-state index contributed by atoms with van der Waals surface area (Å²) in [6, 6.07) is 20.1. The van der Waals surface area contributed by atoms with Crippen LogP contribution in [0.1, 0.15) is 40.4 Å². The van der Waals surface area contributed by atoms with Crippen molar-refractivity contribution in [3.05, 3.63) is 76.8 Å². The molecule has 0 saturated heterocycles. The van der Waals surface area contributed by atoms with Crippen LogP contribution in [0.2, 0.25) is 0 Å². The summed E-state index contributed by atoms with van der Waals surface area (Å²) < 4.78 is 5.84. The van der Waals surface area contributed by atoms with Gasteiger partial charge in [0.25, 0.3) is 5.91 Å². The molecule has 140 valence electrons. The molecule has 3 aromatic rings. The number of carbonyl (C=O) groups is 1. The van der Waals surface area contributed by atoms with Gasteiger partial charge in [0.1, 0.15) is 9.88 Å². The van der Waals surface area contributed by atoms with E-state index in [0.717, 1.165) is 28.2 Å². The van der Waals surface area contributed by atoms with Crippen molar-refractivity contribution >= 4 is 17.2 Å². The molecule has 1 atom stereocenters. The Bertz CT molecular complexity index is 863. The van der Waals surface area contributed by atoms with Crippen LogP contribution in [-0.2, 0) is 4.74 Å². The number of amides is 1. The van der Waals surface area contributed by atoms with Gasteiger partial charge < -0.3 is 10.1 Å². The highest BCUT2D eigenvalue weighted by Crippen LogP contribution is 2.27. The smallest absolute Gasteiger partial charge is 0.263 e. The molecule has 0 unspecified atom stereocenters. The lowest BCUT2D eigenvalue weighted by Gasteiger charge is -2.13. The molecule has 0 saturated carbocycles. The van der Waals surface area contributed by atoms with Gasteiger partial charge in [0.05, 0.1) is 11.8 Å². The van der Waals surface area contributed by atoms with Gasteiger partial charge in [-0.25, -0.2) is 4.98 Å². The van der Waals surface area contributed by atoms with Crippen molar-refractivity contribution in [1.29, 1.82) is 0 Å². The van der Waals surface area contributed by atoms with Crippen LogP contribution in [0.15, 0.2) is 60.7 Å². The summed E-state index contributed by atoms with van der Waals surface area (Å²) >= 11 is 1.43. The van der Waals surface area contributed by atoms with Crippen LogP contribution in [0.25, 0.3) is 10.6 Å². The highest BCUT2D eigenvalue weighted by atomic mass is 32.1. The molecule has 0 fully saturated rings. The Morgan fingerprint density at radius 1 is 1.11 bits per heavy atom. The van der Waals surface area contributed by atoms with E-state index in [1.807, 2.05) is 62.4 Å². The van der Waals surface area contributed by atoms with Crippen LogP contribution >= 0.6 is 11.3 Å². The van der Waals surface area contributed by atoms with E-state index >= 15 is 0 Å². The molecule has 2 aromatic carbocycles. The number of nitrogens with zero attached hydrogens (tertiary/aromatic N) is 1. The van der Waals surface area contributed by atoms with Crippen molar-refractivity contribution in [1.82, 2.24) is 10.3 Å². The second kappa shape index (κ2) is 9.44. The topological polar surface area (TPSA) is 51.2 Å². The third-order valence-electron chi connectivity index (χ3n) is 4.27. The summed E-state index contributed by atoms with van der Waals surface area (Å²) in [6.07, 6.45) is 0.825. The Hall–Kier alpha value is -2.50. The Morgan fingerprint density at radius 2 is 1.78 bits per heavy atom. The van der Waals surface area contributed by atoms with Gasteiger partial charge in [0.2, 0.25) is 0 Å². The van der Waals surface area contributed by atoms with Crippen LogP contribution < -0.4 is 5.32 Å². The first-order valence-electron chi connectivity index (χ1n) is 9.12. The quantitative estimate of drug-likeness (QED) is 0.559. The van der Waals surface area contributed by atoms with Crippen LogP contribution in [0.4, 0.5) is 0 Å². The highest BCUT2D eigenvalue weighted by Gasteiger charge is 2.15. The van der Waals surface area contributed by atoms with Crippen LogP contribution in [0.5, 0.6) is 0 Å². The summed E-state index contributed by atoms with van der Waals surface area (Å²) in [6.45, 7) is 5.10. The number of aromatic nitrogens is 1. The largest absolute Gasteiger partial charge is 0.374 e. The van der Waals surface area contributed by atoms with Gasteiger partial charge in [0.15, 0.2) is 0 Å². The van der Waals surface area contributed by atoms with E-state index in [1.54, 1.807) is 0 Å². The maximum atomic E-state index is 12.4. The molecule has 0 radical (unpaired) electrons. The first kappa shape index (κ1) is 19.3. The normalized spacial score (nSPS) is 11.9. The molecular weight excluding hydrogens is 356 g/mol. The number of hydrogen-bond donors (Lipinski definition) is 1. The van der Waals surface area contributed by atoms with E-state index in [9.17, 15) is 4.79 Å². The molecule has 1 aromatic heterocycles. The number of carbonyl (C=O) groups excluding carboxylic acids is 1. The lowest BCUT2D eigenvalue weighted by atomic mass is 10.1. The molecule has 4 nitrogen and oxygen atoms in total. The molecule has 1 N–H and O–H groups in total. The molecule has 3 rings (SSSR count). The number of hydrogen-bond acceptors (Lipinski definition) is 4. The van der Waals surface area contributed by atoms with Gasteiger partial charge in [-0.15, -0.1) is 11.3 Å². The maximum Gasteiger partial charge on any atom is 0.263 e. The fraction of sp³-hybridized carbons (Fsp3) is 0.273.